The minimum absolute atomic E-state index is 0.157. The molecule has 1 fully saturated rings. The van der Waals surface area contributed by atoms with Crippen molar-refractivity contribution in [3.63, 3.8) is 0 Å². The summed E-state index contributed by atoms with van der Waals surface area (Å²) in [5.41, 5.74) is 1.56. The number of benzene rings is 2. The zero-order valence-electron chi connectivity index (χ0n) is 15.7. The number of anilines is 1. The van der Waals surface area contributed by atoms with Gasteiger partial charge in [-0.1, -0.05) is 16.4 Å². The predicted octanol–water partition coefficient (Wildman–Crippen LogP) is 1.17. The summed E-state index contributed by atoms with van der Waals surface area (Å²) >= 11 is 5.96. The van der Waals surface area contributed by atoms with Crippen LogP contribution in [0.25, 0.3) is 11.0 Å². The summed E-state index contributed by atoms with van der Waals surface area (Å²) in [4.78, 5) is 18.8. The molecule has 1 N–H and O–H groups in total. The molecule has 1 amide bonds. The molecule has 3 aromatic rings. The van der Waals surface area contributed by atoms with Gasteiger partial charge in [-0.25, -0.2) is 8.42 Å². The van der Waals surface area contributed by atoms with Gasteiger partial charge in [0, 0.05) is 23.8 Å². The second kappa shape index (κ2) is 8.56. The molecule has 158 valence electrons. The molecular formula is C18H18ClN5O5S. The van der Waals surface area contributed by atoms with Gasteiger partial charge in [-0.05, 0) is 47.7 Å². The summed E-state index contributed by atoms with van der Waals surface area (Å²) in [6.45, 7) is 1.07. The smallest absolute Gasteiger partial charge is 0.265 e. The van der Waals surface area contributed by atoms with Gasteiger partial charge >= 0.3 is 0 Å². The summed E-state index contributed by atoms with van der Waals surface area (Å²) in [5.74, 6) is -0.440. The Balaban J connectivity index is 1.37. The minimum atomic E-state index is -3.58. The number of rotatable bonds is 6. The first-order valence-electron chi connectivity index (χ1n) is 9.05. The fourth-order valence-electron chi connectivity index (χ4n) is 2.93. The van der Waals surface area contributed by atoms with E-state index in [1.165, 1.54) is 28.6 Å². The molecule has 0 saturated carbocycles. The Bertz CT molecular complexity index is 1160. The second-order valence-electron chi connectivity index (χ2n) is 6.46. The number of morpholine rings is 1. The number of sulfonamides is 1. The van der Waals surface area contributed by atoms with Gasteiger partial charge in [0.1, 0.15) is 11.0 Å². The molecule has 0 spiro atoms. The molecule has 2 heterocycles. The van der Waals surface area contributed by atoms with Gasteiger partial charge in [0.25, 0.3) is 5.91 Å². The van der Waals surface area contributed by atoms with E-state index >= 15 is 0 Å². The number of nitrogens with one attached hydrogen (secondary N) is 1. The summed E-state index contributed by atoms with van der Waals surface area (Å²) in [6.07, 6.45) is 0. The molecule has 0 atom stereocenters. The summed E-state index contributed by atoms with van der Waals surface area (Å²) in [6, 6.07) is 11.0. The van der Waals surface area contributed by atoms with Crippen molar-refractivity contribution in [1.29, 1.82) is 0 Å². The summed E-state index contributed by atoms with van der Waals surface area (Å²) in [5, 5.41) is 10.9. The first kappa shape index (κ1) is 20.5. The number of aromatic nitrogens is 3. The maximum Gasteiger partial charge on any atom is 0.265 e. The van der Waals surface area contributed by atoms with E-state index in [0.29, 0.717) is 48.0 Å². The Morgan fingerprint density at radius 3 is 2.63 bits per heavy atom. The Morgan fingerprint density at radius 1 is 1.17 bits per heavy atom. The van der Waals surface area contributed by atoms with Crippen molar-refractivity contribution in [2.45, 2.75) is 4.90 Å². The zero-order chi connectivity index (χ0) is 21.1. The molecule has 0 unspecified atom stereocenters. The predicted molar refractivity (Wildman–Crippen MR) is 109 cm³/mol. The Hall–Kier alpha value is -2.73. The van der Waals surface area contributed by atoms with E-state index in [1.807, 2.05) is 0 Å². The average molecular weight is 452 g/mol. The number of nitrogens with zero attached hydrogens (tertiary/aromatic N) is 4. The van der Waals surface area contributed by atoms with E-state index in [2.05, 4.69) is 15.6 Å². The molecule has 1 aliphatic heterocycles. The number of halogens is 1. The zero-order valence-corrected chi connectivity index (χ0v) is 17.3. The van der Waals surface area contributed by atoms with Crippen LogP contribution < -0.4 is 10.2 Å². The van der Waals surface area contributed by atoms with E-state index in [4.69, 9.17) is 21.2 Å². The van der Waals surface area contributed by atoms with E-state index in [0.717, 1.165) is 4.85 Å². The van der Waals surface area contributed by atoms with Gasteiger partial charge in [-0.15, -0.1) is 5.10 Å². The van der Waals surface area contributed by atoms with Gasteiger partial charge in [-0.3, -0.25) is 4.79 Å². The highest BCUT2D eigenvalue weighted by molar-refractivity contribution is 7.89. The van der Waals surface area contributed by atoms with E-state index in [9.17, 15) is 13.2 Å². The maximum atomic E-state index is 12.6. The lowest BCUT2D eigenvalue weighted by Gasteiger charge is -2.26. The minimum Gasteiger partial charge on any atom is -0.385 e. The Kier molecular flexibility index (Phi) is 5.86. The Morgan fingerprint density at radius 2 is 1.90 bits per heavy atom. The third-order valence-corrected chi connectivity index (χ3v) is 6.59. The molecule has 4 rings (SSSR count). The topological polar surface area (TPSA) is 116 Å². The Labute approximate surface area is 177 Å². The van der Waals surface area contributed by atoms with Crippen molar-refractivity contribution >= 4 is 44.3 Å². The molecular weight excluding hydrogens is 434 g/mol. The molecule has 1 saturated heterocycles. The highest BCUT2D eigenvalue weighted by Gasteiger charge is 2.26. The van der Waals surface area contributed by atoms with Crippen molar-refractivity contribution in [2.75, 3.05) is 38.2 Å². The summed E-state index contributed by atoms with van der Waals surface area (Å²) in [7, 11) is -3.58. The first-order valence-corrected chi connectivity index (χ1v) is 10.9. The molecule has 12 heteroatoms. The third-order valence-electron chi connectivity index (χ3n) is 4.44. The third kappa shape index (κ3) is 4.38. The van der Waals surface area contributed by atoms with Crippen LogP contribution in [0, 0.1) is 0 Å². The first-order chi connectivity index (χ1) is 14.4. The molecule has 30 heavy (non-hydrogen) atoms. The number of carbonyl (C=O) groups is 1. The van der Waals surface area contributed by atoms with Crippen LogP contribution >= 0.6 is 11.6 Å². The van der Waals surface area contributed by atoms with Gasteiger partial charge in [0.2, 0.25) is 10.0 Å². The highest BCUT2D eigenvalue weighted by Crippen LogP contribution is 2.19. The number of hydrogen-bond donors (Lipinski definition) is 1. The fraction of sp³-hybridized carbons (Fsp3) is 0.278. The van der Waals surface area contributed by atoms with Crippen LogP contribution in [-0.4, -0.2) is 66.7 Å². The van der Waals surface area contributed by atoms with Crippen molar-refractivity contribution < 1.29 is 22.8 Å². The van der Waals surface area contributed by atoms with Gasteiger partial charge in [0.05, 0.1) is 18.1 Å². The van der Waals surface area contributed by atoms with Crippen LogP contribution in [-0.2, 0) is 19.6 Å². The molecule has 1 aromatic heterocycles. The van der Waals surface area contributed by atoms with Crippen LogP contribution in [0.3, 0.4) is 0 Å². The van der Waals surface area contributed by atoms with E-state index in [1.54, 1.807) is 18.2 Å². The van der Waals surface area contributed by atoms with Crippen molar-refractivity contribution in [3.8, 4) is 0 Å². The van der Waals surface area contributed by atoms with Crippen molar-refractivity contribution in [2.24, 2.45) is 0 Å². The maximum absolute atomic E-state index is 12.6. The van der Waals surface area contributed by atoms with E-state index < -0.39 is 15.9 Å². The number of hydrogen-bond acceptors (Lipinski definition) is 7. The largest absolute Gasteiger partial charge is 0.385 e. The van der Waals surface area contributed by atoms with Crippen LogP contribution in [0.2, 0.25) is 5.02 Å². The number of amides is 1. The number of fused-ring (bicyclic) bond motifs is 1. The standard InChI is InChI=1S/C18H18ClN5O5S/c19-13-1-6-16-17(11-13)24(22-21-16)29-12-18(25)20-14-2-4-15(5-3-14)30(26,27)23-7-9-28-10-8-23/h1-6,11H,7-10,12H2,(H,20,25). The lowest BCUT2D eigenvalue weighted by atomic mass is 10.3. The van der Waals surface area contributed by atoms with E-state index in [-0.39, 0.29) is 11.5 Å². The lowest BCUT2D eigenvalue weighted by Crippen LogP contribution is -2.40. The number of ether oxygens (including phenoxy) is 1. The fourth-order valence-corrected chi connectivity index (χ4v) is 4.50. The average Bonchev–Trinajstić information content (AvgIpc) is 3.15. The van der Waals surface area contributed by atoms with Crippen LogP contribution in [0.1, 0.15) is 0 Å². The van der Waals surface area contributed by atoms with Gasteiger partial charge in [-0.2, -0.15) is 4.31 Å². The van der Waals surface area contributed by atoms with Crippen molar-refractivity contribution in [3.05, 3.63) is 47.5 Å². The molecule has 0 bridgehead atoms. The van der Waals surface area contributed by atoms with Crippen LogP contribution in [0.4, 0.5) is 5.69 Å². The quantitative estimate of drug-likeness (QED) is 0.598. The molecule has 0 aliphatic carbocycles. The lowest BCUT2D eigenvalue weighted by molar-refractivity contribution is -0.121. The SMILES string of the molecule is O=C(COn1nnc2ccc(Cl)cc21)Nc1ccc(S(=O)(=O)N2CCOCC2)cc1. The van der Waals surface area contributed by atoms with Crippen molar-refractivity contribution in [1.82, 2.24) is 19.5 Å². The van der Waals surface area contributed by atoms with Crippen LogP contribution in [0.5, 0.6) is 0 Å². The second-order valence-corrected chi connectivity index (χ2v) is 8.83. The van der Waals surface area contributed by atoms with Gasteiger partial charge in [0.15, 0.2) is 6.61 Å². The molecule has 2 aromatic carbocycles. The molecule has 1 aliphatic rings. The molecule has 10 nitrogen and oxygen atoms in total. The monoisotopic (exact) mass is 451 g/mol. The normalized spacial score (nSPS) is 15.2. The summed E-state index contributed by atoms with van der Waals surface area (Å²) < 4.78 is 31.8. The molecule has 0 radical (unpaired) electrons. The number of carbonyl (C=O) groups excluding carboxylic acids is 1. The van der Waals surface area contributed by atoms with Gasteiger partial charge < -0.3 is 14.9 Å². The highest BCUT2D eigenvalue weighted by atomic mass is 35.5. The van der Waals surface area contributed by atoms with Crippen LogP contribution in [0.15, 0.2) is 47.4 Å².